The van der Waals surface area contributed by atoms with Crippen molar-refractivity contribution in [3.8, 4) is 11.5 Å². The number of methoxy groups -OCH3 is 1. The molecule has 1 heterocycles. The van der Waals surface area contributed by atoms with Crippen LogP contribution in [-0.2, 0) is 6.61 Å². The van der Waals surface area contributed by atoms with Crippen LogP contribution in [0.5, 0.6) is 11.5 Å². The van der Waals surface area contributed by atoms with Gasteiger partial charge in [0.2, 0.25) is 4.77 Å². The molecule has 2 aromatic carbocycles. The van der Waals surface area contributed by atoms with Gasteiger partial charge >= 0.3 is 0 Å². The molecule has 0 bridgehead atoms. The Kier molecular flexibility index (Phi) is 5.21. The lowest BCUT2D eigenvalue weighted by molar-refractivity contribution is 0.284. The minimum atomic E-state index is -0.271. The maximum Gasteiger partial charge on any atom is 0.216 e. The maximum atomic E-state index is 13.0. The summed E-state index contributed by atoms with van der Waals surface area (Å²) in [5.74, 6) is 2.22. The second-order valence-electron chi connectivity index (χ2n) is 6.54. The maximum absolute atomic E-state index is 13.0. The molecule has 144 valence electrons. The van der Waals surface area contributed by atoms with Crippen LogP contribution >= 0.6 is 12.2 Å². The van der Waals surface area contributed by atoms with Gasteiger partial charge < -0.3 is 9.47 Å². The van der Waals surface area contributed by atoms with E-state index in [1.165, 1.54) is 12.1 Å². The quantitative estimate of drug-likeness (QED) is 0.472. The molecule has 6 nitrogen and oxygen atoms in total. The summed E-state index contributed by atoms with van der Waals surface area (Å²) < 4.78 is 26.4. The summed E-state index contributed by atoms with van der Waals surface area (Å²) in [6, 6.07) is 11.7. The SMILES string of the molecule is COc1cc(/C=N\n2c(C3CC3)n[nH]c2=S)ccc1OCc1ccc(F)cc1. The average molecular weight is 398 g/mol. The first-order chi connectivity index (χ1) is 13.6. The van der Waals surface area contributed by atoms with Gasteiger partial charge in [-0.2, -0.15) is 14.9 Å². The number of aromatic nitrogens is 3. The Bertz CT molecular complexity index is 1050. The van der Waals surface area contributed by atoms with E-state index in [0.29, 0.717) is 28.8 Å². The van der Waals surface area contributed by atoms with E-state index in [2.05, 4.69) is 15.3 Å². The van der Waals surface area contributed by atoms with Crippen LogP contribution in [0.25, 0.3) is 0 Å². The summed E-state index contributed by atoms with van der Waals surface area (Å²) in [6.45, 7) is 0.318. The van der Waals surface area contributed by atoms with Crippen molar-refractivity contribution in [1.82, 2.24) is 14.9 Å². The number of halogens is 1. The van der Waals surface area contributed by atoms with Crippen LogP contribution in [0.2, 0.25) is 0 Å². The highest BCUT2D eigenvalue weighted by Crippen LogP contribution is 2.38. The lowest BCUT2D eigenvalue weighted by Crippen LogP contribution is -1.99. The van der Waals surface area contributed by atoms with Crippen LogP contribution in [0.4, 0.5) is 4.39 Å². The third-order valence-corrected chi connectivity index (χ3v) is 4.70. The van der Waals surface area contributed by atoms with Crippen LogP contribution in [0.3, 0.4) is 0 Å². The molecule has 1 N–H and O–H groups in total. The number of hydrogen-bond acceptors (Lipinski definition) is 5. The normalized spacial score (nSPS) is 13.8. The fraction of sp³-hybridized carbons (Fsp3) is 0.250. The van der Waals surface area contributed by atoms with E-state index in [1.807, 2.05) is 18.2 Å². The third kappa shape index (κ3) is 4.12. The number of aromatic amines is 1. The molecule has 1 fully saturated rings. The average Bonchev–Trinajstić information content (AvgIpc) is 3.49. The molecular formula is C20H19FN4O2S. The van der Waals surface area contributed by atoms with Crippen molar-refractivity contribution >= 4 is 18.4 Å². The summed E-state index contributed by atoms with van der Waals surface area (Å²) in [5, 5.41) is 11.5. The van der Waals surface area contributed by atoms with Crippen LogP contribution in [0.1, 0.15) is 35.7 Å². The first kappa shape index (κ1) is 18.4. The summed E-state index contributed by atoms with van der Waals surface area (Å²) in [7, 11) is 1.58. The van der Waals surface area contributed by atoms with Crippen molar-refractivity contribution in [2.75, 3.05) is 7.11 Å². The fourth-order valence-electron chi connectivity index (χ4n) is 2.77. The topological polar surface area (TPSA) is 64.4 Å². The van der Waals surface area contributed by atoms with E-state index in [0.717, 1.165) is 29.8 Å². The molecule has 1 aromatic heterocycles. The monoisotopic (exact) mass is 398 g/mol. The molecular weight excluding hydrogens is 379 g/mol. The van der Waals surface area contributed by atoms with E-state index >= 15 is 0 Å². The molecule has 1 saturated carbocycles. The molecule has 4 rings (SSSR count). The summed E-state index contributed by atoms with van der Waals surface area (Å²) in [5.41, 5.74) is 1.71. The third-order valence-electron chi connectivity index (χ3n) is 4.44. The van der Waals surface area contributed by atoms with E-state index < -0.39 is 0 Å². The Balaban J connectivity index is 1.49. The van der Waals surface area contributed by atoms with Crippen molar-refractivity contribution < 1.29 is 13.9 Å². The Morgan fingerprint density at radius 1 is 1.25 bits per heavy atom. The predicted molar refractivity (Wildman–Crippen MR) is 106 cm³/mol. The van der Waals surface area contributed by atoms with Gasteiger partial charge in [-0.25, -0.2) is 4.39 Å². The van der Waals surface area contributed by atoms with Gasteiger partial charge in [0.1, 0.15) is 12.4 Å². The van der Waals surface area contributed by atoms with Gasteiger partial charge in [0.05, 0.1) is 13.3 Å². The van der Waals surface area contributed by atoms with Gasteiger partial charge in [0.15, 0.2) is 17.3 Å². The van der Waals surface area contributed by atoms with Crippen LogP contribution in [0.15, 0.2) is 47.6 Å². The molecule has 28 heavy (non-hydrogen) atoms. The van der Waals surface area contributed by atoms with E-state index in [4.69, 9.17) is 21.7 Å². The first-order valence-electron chi connectivity index (χ1n) is 8.91. The number of hydrogen-bond donors (Lipinski definition) is 1. The predicted octanol–water partition coefficient (Wildman–Crippen LogP) is 4.43. The summed E-state index contributed by atoms with van der Waals surface area (Å²) >= 11 is 5.26. The second kappa shape index (κ2) is 7.93. The summed E-state index contributed by atoms with van der Waals surface area (Å²) in [6.07, 6.45) is 3.94. The molecule has 1 aliphatic rings. The molecule has 0 saturated heterocycles. The van der Waals surface area contributed by atoms with Gasteiger partial charge in [-0.15, -0.1) is 0 Å². The molecule has 1 aliphatic carbocycles. The minimum absolute atomic E-state index is 0.271. The zero-order chi connectivity index (χ0) is 19.5. The minimum Gasteiger partial charge on any atom is -0.493 e. The van der Waals surface area contributed by atoms with Crippen molar-refractivity contribution in [3.63, 3.8) is 0 Å². The Hall–Kier alpha value is -3.00. The van der Waals surface area contributed by atoms with Crippen LogP contribution in [-0.4, -0.2) is 28.2 Å². The Morgan fingerprint density at radius 3 is 2.75 bits per heavy atom. The van der Waals surface area contributed by atoms with Gasteiger partial charge in [-0.1, -0.05) is 12.1 Å². The molecule has 8 heteroatoms. The second-order valence-corrected chi connectivity index (χ2v) is 6.93. The first-order valence-corrected chi connectivity index (χ1v) is 9.32. The number of benzene rings is 2. The van der Waals surface area contributed by atoms with Gasteiger partial charge in [-0.3, -0.25) is 5.10 Å². The van der Waals surface area contributed by atoms with Crippen molar-refractivity contribution in [3.05, 3.63) is 70.0 Å². The van der Waals surface area contributed by atoms with Gasteiger partial charge in [0.25, 0.3) is 0 Å². The Labute approximate surface area is 166 Å². The number of nitrogens with one attached hydrogen (secondary N) is 1. The van der Waals surface area contributed by atoms with E-state index in [1.54, 1.807) is 30.1 Å². The van der Waals surface area contributed by atoms with Gasteiger partial charge in [0, 0.05) is 5.92 Å². The molecule has 0 amide bonds. The largest absolute Gasteiger partial charge is 0.493 e. The fourth-order valence-corrected chi connectivity index (χ4v) is 2.96. The highest BCUT2D eigenvalue weighted by atomic mass is 32.1. The Morgan fingerprint density at radius 2 is 2.04 bits per heavy atom. The molecule has 0 spiro atoms. The molecule has 0 atom stereocenters. The van der Waals surface area contributed by atoms with Crippen LogP contribution in [0, 0.1) is 10.6 Å². The summed E-state index contributed by atoms with van der Waals surface area (Å²) in [4.78, 5) is 0. The van der Waals surface area contributed by atoms with Gasteiger partial charge in [-0.05, 0) is 66.5 Å². The standard InChI is InChI=1S/C20H19FN4O2S/c1-26-18-10-14(11-22-25-19(15-5-6-15)23-24-20(25)28)4-9-17(18)27-12-13-2-7-16(21)8-3-13/h2-4,7-11,15H,5-6,12H2,1H3,(H,24,28)/b22-11-. The highest BCUT2D eigenvalue weighted by Gasteiger charge is 2.29. The molecule has 0 radical (unpaired) electrons. The number of ether oxygens (including phenoxy) is 2. The smallest absolute Gasteiger partial charge is 0.216 e. The van der Waals surface area contributed by atoms with E-state index in [9.17, 15) is 4.39 Å². The number of nitrogens with zero attached hydrogens (tertiary/aromatic N) is 3. The zero-order valence-corrected chi connectivity index (χ0v) is 16.1. The van der Waals surface area contributed by atoms with Crippen molar-refractivity contribution in [1.29, 1.82) is 0 Å². The van der Waals surface area contributed by atoms with Crippen molar-refractivity contribution in [2.45, 2.75) is 25.4 Å². The zero-order valence-electron chi connectivity index (χ0n) is 15.3. The highest BCUT2D eigenvalue weighted by molar-refractivity contribution is 7.71. The lowest BCUT2D eigenvalue weighted by atomic mass is 10.2. The molecule has 0 unspecified atom stereocenters. The molecule has 3 aromatic rings. The lowest BCUT2D eigenvalue weighted by Gasteiger charge is -2.11. The number of H-pyrrole nitrogens is 1. The van der Waals surface area contributed by atoms with Crippen LogP contribution < -0.4 is 9.47 Å². The van der Waals surface area contributed by atoms with Crippen molar-refractivity contribution in [2.24, 2.45) is 5.10 Å². The number of rotatable bonds is 7. The molecule has 0 aliphatic heterocycles. The van der Waals surface area contributed by atoms with E-state index in [-0.39, 0.29) is 5.82 Å².